The van der Waals surface area contributed by atoms with Crippen molar-refractivity contribution >= 4 is 0 Å². The van der Waals surface area contributed by atoms with Crippen LogP contribution in [0, 0.1) is 12.8 Å². The van der Waals surface area contributed by atoms with Gasteiger partial charge in [-0.2, -0.15) is 4.80 Å². The average molecular weight is 246 g/mol. The monoisotopic (exact) mass is 246 g/mol. The van der Waals surface area contributed by atoms with Gasteiger partial charge in [0.25, 0.3) is 0 Å². The van der Waals surface area contributed by atoms with Gasteiger partial charge in [0.05, 0.1) is 7.05 Å². The first-order chi connectivity index (χ1) is 8.67. The van der Waals surface area contributed by atoms with Crippen LogP contribution in [-0.4, -0.2) is 31.9 Å². The molecule has 1 aromatic heterocycles. The Bertz CT molecular complexity index is 492. The molecule has 0 fully saturated rings. The fourth-order valence-corrected chi connectivity index (χ4v) is 1.92. The van der Waals surface area contributed by atoms with Crippen molar-refractivity contribution < 1.29 is 5.11 Å². The summed E-state index contributed by atoms with van der Waals surface area (Å²) in [5, 5.41) is 21.3. The highest BCUT2D eigenvalue weighted by Crippen LogP contribution is 2.13. The zero-order valence-corrected chi connectivity index (χ0v) is 10.7. The first-order valence-corrected chi connectivity index (χ1v) is 6.06. The summed E-state index contributed by atoms with van der Waals surface area (Å²) in [6.07, 6.45) is 1.48. The molecule has 5 nitrogen and oxygen atoms in total. The summed E-state index contributed by atoms with van der Waals surface area (Å²) in [5.74, 6) is 0.820. The highest BCUT2D eigenvalue weighted by Gasteiger charge is 2.13. The Hall–Kier alpha value is -1.75. The van der Waals surface area contributed by atoms with Crippen molar-refractivity contribution in [3.05, 3.63) is 41.2 Å². The number of aryl methyl sites for hydroxylation is 2. The number of nitrogens with zero attached hydrogens (tertiary/aromatic N) is 4. The van der Waals surface area contributed by atoms with Gasteiger partial charge < -0.3 is 5.11 Å². The lowest BCUT2D eigenvalue weighted by molar-refractivity contribution is 0.223. The first kappa shape index (κ1) is 12.7. The summed E-state index contributed by atoms with van der Waals surface area (Å²) in [7, 11) is 1.74. The largest absolute Gasteiger partial charge is 0.396 e. The topological polar surface area (TPSA) is 63.8 Å². The molecule has 0 amide bonds. The number of aliphatic hydroxyl groups is 1. The fraction of sp³-hybridized carbons (Fsp3) is 0.462. The van der Waals surface area contributed by atoms with Gasteiger partial charge in [0.15, 0.2) is 5.82 Å². The molecule has 1 N–H and O–H groups in total. The number of benzene rings is 1. The summed E-state index contributed by atoms with van der Waals surface area (Å²) in [6, 6.07) is 8.37. The predicted molar refractivity (Wildman–Crippen MR) is 68.0 cm³/mol. The second-order valence-electron chi connectivity index (χ2n) is 4.64. The van der Waals surface area contributed by atoms with Crippen molar-refractivity contribution in [2.24, 2.45) is 13.0 Å². The number of aliphatic hydroxyl groups excluding tert-OH is 1. The second-order valence-corrected chi connectivity index (χ2v) is 4.64. The van der Waals surface area contributed by atoms with Crippen molar-refractivity contribution in [3.63, 3.8) is 0 Å². The van der Waals surface area contributed by atoms with Crippen molar-refractivity contribution in [2.45, 2.75) is 19.8 Å². The zero-order valence-electron chi connectivity index (χ0n) is 10.7. The molecule has 0 aliphatic rings. The van der Waals surface area contributed by atoms with E-state index < -0.39 is 0 Å². The third-order valence-corrected chi connectivity index (χ3v) is 2.92. The quantitative estimate of drug-likeness (QED) is 0.851. The van der Waals surface area contributed by atoms with Gasteiger partial charge in [0.2, 0.25) is 0 Å². The summed E-state index contributed by atoms with van der Waals surface area (Å²) in [6.45, 7) is 2.20. The second kappa shape index (κ2) is 5.73. The zero-order chi connectivity index (χ0) is 13.0. The van der Waals surface area contributed by atoms with Crippen LogP contribution in [0.25, 0.3) is 0 Å². The lowest BCUT2D eigenvalue weighted by Crippen LogP contribution is -2.14. The highest BCUT2D eigenvalue weighted by molar-refractivity contribution is 5.21. The molecule has 0 saturated heterocycles. The van der Waals surface area contributed by atoms with Gasteiger partial charge in [0, 0.05) is 13.0 Å². The Labute approximate surface area is 106 Å². The van der Waals surface area contributed by atoms with Gasteiger partial charge in [-0.05, 0) is 30.0 Å². The molecule has 1 aromatic carbocycles. The fourth-order valence-electron chi connectivity index (χ4n) is 1.92. The van der Waals surface area contributed by atoms with Crippen LogP contribution in [-0.2, 0) is 19.9 Å². The molecule has 0 radical (unpaired) electrons. The molecule has 2 rings (SSSR count). The maximum Gasteiger partial charge on any atom is 0.175 e. The van der Waals surface area contributed by atoms with Crippen LogP contribution in [0.5, 0.6) is 0 Å². The lowest BCUT2D eigenvalue weighted by atomic mass is 9.96. The van der Waals surface area contributed by atoms with Gasteiger partial charge in [0.1, 0.15) is 0 Å². The van der Waals surface area contributed by atoms with Crippen LogP contribution in [0.15, 0.2) is 24.3 Å². The van der Waals surface area contributed by atoms with E-state index in [4.69, 9.17) is 0 Å². The molecular formula is C13H18N4O. The van der Waals surface area contributed by atoms with E-state index in [1.165, 1.54) is 15.9 Å². The predicted octanol–water partition coefficient (Wildman–Crippen LogP) is 0.912. The van der Waals surface area contributed by atoms with E-state index in [-0.39, 0.29) is 12.5 Å². The van der Waals surface area contributed by atoms with Gasteiger partial charge >= 0.3 is 0 Å². The lowest BCUT2D eigenvalue weighted by Gasteiger charge is -2.12. The van der Waals surface area contributed by atoms with Crippen molar-refractivity contribution in [1.29, 1.82) is 0 Å². The molecule has 0 aliphatic heterocycles. The van der Waals surface area contributed by atoms with Crippen molar-refractivity contribution in [3.8, 4) is 0 Å². The van der Waals surface area contributed by atoms with E-state index in [1.54, 1.807) is 7.05 Å². The minimum absolute atomic E-state index is 0.131. The summed E-state index contributed by atoms with van der Waals surface area (Å²) in [4.78, 5) is 1.44. The van der Waals surface area contributed by atoms with Crippen LogP contribution in [0.4, 0.5) is 0 Å². The minimum atomic E-state index is 0.131. The molecule has 0 saturated carbocycles. The van der Waals surface area contributed by atoms with E-state index in [0.29, 0.717) is 12.2 Å². The Morgan fingerprint density at radius 1 is 1.22 bits per heavy atom. The number of aromatic nitrogens is 4. The average Bonchev–Trinajstić information content (AvgIpc) is 2.77. The number of hydrogen-bond acceptors (Lipinski definition) is 4. The van der Waals surface area contributed by atoms with Crippen LogP contribution in [0.1, 0.15) is 17.0 Å². The SMILES string of the molecule is Cc1ccc(CC(CO)Cc2nnn(C)n2)cc1. The van der Waals surface area contributed by atoms with Crippen LogP contribution in [0.3, 0.4) is 0 Å². The Morgan fingerprint density at radius 3 is 2.50 bits per heavy atom. The van der Waals surface area contributed by atoms with Crippen LogP contribution in [0.2, 0.25) is 0 Å². The third kappa shape index (κ3) is 3.37. The van der Waals surface area contributed by atoms with Crippen molar-refractivity contribution in [1.82, 2.24) is 20.2 Å². The molecule has 0 bridgehead atoms. The molecule has 0 aliphatic carbocycles. The van der Waals surface area contributed by atoms with Crippen LogP contribution >= 0.6 is 0 Å². The van der Waals surface area contributed by atoms with Crippen LogP contribution < -0.4 is 0 Å². The van der Waals surface area contributed by atoms with Gasteiger partial charge in [-0.1, -0.05) is 29.8 Å². The van der Waals surface area contributed by atoms with E-state index in [9.17, 15) is 5.11 Å². The maximum atomic E-state index is 9.43. The number of hydrogen-bond donors (Lipinski definition) is 1. The van der Waals surface area contributed by atoms with E-state index in [1.807, 2.05) is 0 Å². The third-order valence-electron chi connectivity index (χ3n) is 2.92. The molecule has 1 heterocycles. The molecular weight excluding hydrogens is 228 g/mol. The molecule has 0 spiro atoms. The number of tetrazole rings is 1. The first-order valence-electron chi connectivity index (χ1n) is 6.06. The summed E-state index contributed by atoms with van der Waals surface area (Å²) in [5.41, 5.74) is 2.47. The van der Waals surface area contributed by atoms with Gasteiger partial charge in [-0.25, -0.2) is 0 Å². The summed E-state index contributed by atoms with van der Waals surface area (Å²) < 4.78 is 0. The number of rotatable bonds is 5. The molecule has 18 heavy (non-hydrogen) atoms. The normalized spacial score (nSPS) is 12.6. The molecule has 96 valence electrons. The van der Waals surface area contributed by atoms with E-state index in [0.717, 1.165) is 6.42 Å². The molecule has 2 aromatic rings. The highest BCUT2D eigenvalue weighted by atomic mass is 16.3. The van der Waals surface area contributed by atoms with Gasteiger partial charge in [-0.3, -0.25) is 0 Å². The molecule has 1 unspecified atom stereocenters. The smallest absolute Gasteiger partial charge is 0.175 e. The van der Waals surface area contributed by atoms with Gasteiger partial charge in [-0.15, -0.1) is 10.2 Å². The van der Waals surface area contributed by atoms with E-state index in [2.05, 4.69) is 46.6 Å². The Kier molecular flexibility index (Phi) is 4.04. The molecule has 5 heteroatoms. The van der Waals surface area contributed by atoms with E-state index >= 15 is 0 Å². The van der Waals surface area contributed by atoms with Crippen molar-refractivity contribution in [2.75, 3.05) is 6.61 Å². The Morgan fingerprint density at radius 2 is 1.94 bits per heavy atom. The maximum absolute atomic E-state index is 9.43. The minimum Gasteiger partial charge on any atom is -0.396 e. The molecule has 1 atom stereocenters. The standard InChI is InChI=1S/C13H18N4O/c1-10-3-5-11(6-4-10)7-12(9-18)8-13-14-16-17(2)15-13/h3-6,12,18H,7-9H2,1-2H3. The Balaban J connectivity index is 1.99. The summed E-state index contributed by atoms with van der Waals surface area (Å²) >= 11 is 0.